The molecule has 0 fully saturated rings. The van der Waals surface area contributed by atoms with Gasteiger partial charge in [-0.05, 0) is 80.6 Å². The molecule has 1 amide bonds. The van der Waals surface area contributed by atoms with Gasteiger partial charge in [0.05, 0.1) is 17.1 Å². The van der Waals surface area contributed by atoms with Crippen LogP contribution in [0.1, 0.15) is 46.6 Å². The number of rotatable bonds is 5. The van der Waals surface area contributed by atoms with Gasteiger partial charge in [-0.1, -0.05) is 24.8 Å². The Morgan fingerprint density at radius 2 is 1.81 bits per heavy atom. The van der Waals surface area contributed by atoms with Crippen LogP contribution in [0.5, 0.6) is 0 Å². The van der Waals surface area contributed by atoms with Crippen LogP contribution in [0.3, 0.4) is 0 Å². The maximum absolute atomic E-state index is 11.8. The first-order valence-corrected chi connectivity index (χ1v) is 9.27. The van der Waals surface area contributed by atoms with Crippen LogP contribution in [0.2, 0.25) is 0 Å². The maximum Gasteiger partial charge on any atom is 0.243 e. The highest BCUT2D eigenvalue weighted by molar-refractivity contribution is 5.87. The van der Waals surface area contributed by atoms with E-state index in [4.69, 9.17) is 4.98 Å². The third kappa shape index (κ3) is 3.52. The summed E-state index contributed by atoms with van der Waals surface area (Å²) in [5.41, 5.74) is 8.55. The zero-order valence-corrected chi connectivity index (χ0v) is 16.8. The minimum Gasteiger partial charge on any atom is -0.343 e. The molecule has 0 radical (unpaired) electrons. The lowest BCUT2D eigenvalue weighted by molar-refractivity contribution is -0.117. The molecule has 0 saturated heterocycles. The van der Waals surface area contributed by atoms with E-state index < -0.39 is 0 Å². The summed E-state index contributed by atoms with van der Waals surface area (Å²) in [5.74, 6) is 0.657. The van der Waals surface area contributed by atoms with Crippen molar-refractivity contribution in [3.05, 3.63) is 76.6 Å². The van der Waals surface area contributed by atoms with Gasteiger partial charge in [0.2, 0.25) is 5.91 Å². The highest BCUT2D eigenvalue weighted by Crippen LogP contribution is 2.27. The van der Waals surface area contributed by atoms with E-state index >= 15 is 0 Å². The smallest absolute Gasteiger partial charge is 0.243 e. The second-order valence-electron chi connectivity index (χ2n) is 7.22. The molecule has 0 aliphatic heterocycles. The first-order valence-electron chi connectivity index (χ1n) is 9.27. The number of aryl methyl sites for hydroxylation is 2. The number of nitrogens with zero attached hydrogens (tertiary/aromatic N) is 2. The Morgan fingerprint density at radius 3 is 2.44 bits per heavy atom. The van der Waals surface area contributed by atoms with Gasteiger partial charge in [-0.2, -0.15) is 0 Å². The molecule has 3 rings (SSSR count). The summed E-state index contributed by atoms with van der Waals surface area (Å²) in [6.07, 6.45) is 1.29. The second-order valence-corrected chi connectivity index (χ2v) is 7.22. The molecule has 27 heavy (non-hydrogen) atoms. The van der Waals surface area contributed by atoms with Crippen LogP contribution in [0, 0.1) is 27.7 Å². The van der Waals surface area contributed by atoms with Crippen molar-refractivity contribution in [3.63, 3.8) is 0 Å². The van der Waals surface area contributed by atoms with Gasteiger partial charge in [0.15, 0.2) is 0 Å². The number of imidazole rings is 1. The maximum atomic E-state index is 11.8. The molecule has 1 N–H and O–H groups in total. The van der Waals surface area contributed by atoms with E-state index in [2.05, 4.69) is 56.3 Å². The minimum atomic E-state index is -0.214. The van der Waals surface area contributed by atoms with Crippen molar-refractivity contribution in [2.45, 2.75) is 47.2 Å². The summed E-state index contributed by atoms with van der Waals surface area (Å²) >= 11 is 0. The molecule has 0 bridgehead atoms. The van der Waals surface area contributed by atoms with Crippen molar-refractivity contribution < 1.29 is 4.79 Å². The predicted molar refractivity (Wildman–Crippen MR) is 111 cm³/mol. The van der Waals surface area contributed by atoms with Crippen molar-refractivity contribution in [1.82, 2.24) is 14.9 Å². The SMILES string of the molecule is C=CC(=O)NC(C)c1nc2ccccc2n1Cc1c(C)c(C)cc(C)c1C. The molecule has 4 heteroatoms. The number of amides is 1. The Balaban J connectivity index is 2.15. The number of fused-ring (bicyclic) bond motifs is 1. The third-order valence-corrected chi connectivity index (χ3v) is 5.45. The molecule has 0 spiro atoms. The fourth-order valence-corrected chi connectivity index (χ4v) is 3.62. The molecule has 0 saturated carbocycles. The van der Waals surface area contributed by atoms with Crippen LogP contribution in [-0.4, -0.2) is 15.5 Å². The molecule has 1 unspecified atom stereocenters. The number of benzene rings is 2. The van der Waals surface area contributed by atoms with Gasteiger partial charge in [-0.15, -0.1) is 0 Å². The number of para-hydroxylation sites is 2. The fraction of sp³-hybridized carbons (Fsp3) is 0.304. The minimum absolute atomic E-state index is 0.195. The number of carbonyl (C=O) groups is 1. The highest BCUT2D eigenvalue weighted by Gasteiger charge is 2.19. The number of hydrogen-bond donors (Lipinski definition) is 1. The van der Waals surface area contributed by atoms with E-state index in [1.54, 1.807) is 0 Å². The molecule has 2 aromatic carbocycles. The molecule has 1 atom stereocenters. The number of carbonyl (C=O) groups excluding carboxylic acids is 1. The van der Waals surface area contributed by atoms with Crippen LogP contribution < -0.4 is 5.32 Å². The Kier molecular flexibility index (Phi) is 5.17. The van der Waals surface area contributed by atoms with Gasteiger partial charge in [-0.3, -0.25) is 4.79 Å². The van der Waals surface area contributed by atoms with Crippen molar-refractivity contribution in [3.8, 4) is 0 Å². The van der Waals surface area contributed by atoms with E-state index in [1.807, 2.05) is 25.1 Å². The summed E-state index contributed by atoms with van der Waals surface area (Å²) in [7, 11) is 0. The molecular formula is C23H27N3O. The van der Waals surface area contributed by atoms with E-state index in [0.717, 1.165) is 23.4 Å². The molecule has 1 heterocycles. The Morgan fingerprint density at radius 1 is 1.19 bits per heavy atom. The van der Waals surface area contributed by atoms with Crippen molar-refractivity contribution >= 4 is 16.9 Å². The zero-order valence-electron chi connectivity index (χ0n) is 16.8. The van der Waals surface area contributed by atoms with Crippen LogP contribution in [0.4, 0.5) is 0 Å². The topological polar surface area (TPSA) is 46.9 Å². The van der Waals surface area contributed by atoms with Gasteiger partial charge in [0, 0.05) is 6.54 Å². The predicted octanol–water partition coefficient (Wildman–Crippen LogP) is 4.68. The van der Waals surface area contributed by atoms with Crippen LogP contribution in [0.25, 0.3) is 11.0 Å². The lowest BCUT2D eigenvalue weighted by Crippen LogP contribution is -2.27. The molecule has 0 aliphatic rings. The standard InChI is InChI=1S/C23H27N3O/c1-7-22(27)24-18(6)23-25-20-10-8-9-11-21(20)26(23)13-19-16(4)14(2)12-15(3)17(19)5/h7-12,18H,1,13H2,2-6H3,(H,24,27). The van der Waals surface area contributed by atoms with Crippen LogP contribution >= 0.6 is 0 Å². The van der Waals surface area contributed by atoms with Crippen LogP contribution in [0.15, 0.2) is 43.0 Å². The molecule has 4 nitrogen and oxygen atoms in total. The number of hydrogen-bond acceptors (Lipinski definition) is 2. The fourth-order valence-electron chi connectivity index (χ4n) is 3.62. The Bertz CT molecular complexity index is 1000. The summed E-state index contributed by atoms with van der Waals surface area (Å²) in [6.45, 7) is 14.9. The van der Waals surface area contributed by atoms with Crippen LogP contribution in [-0.2, 0) is 11.3 Å². The van der Waals surface area contributed by atoms with Gasteiger partial charge in [0.1, 0.15) is 5.82 Å². The first kappa shape index (κ1) is 18.9. The highest BCUT2D eigenvalue weighted by atomic mass is 16.1. The Hall–Kier alpha value is -2.88. The van der Waals surface area contributed by atoms with Crippen molar-refractivity contribution in [2.24, 2.45) is 0 Å². The lowest BCUT2D eigenvalue weighted by atomic mass is 9.94. The third-order valence-electron chi connectivity index (χ3n) is 5.45. The average molecular weight is 361 g/mol. The van der Waals surface area contributed by atoms with Gasteiger partial charge in [-0.25, -0.2) is 4.98 Å². The van der Waals surface area contributed by atoms with E-state index in [-0.39, 0.29) is 11.9 Å². The average Bonchev–Trinajstić information content (AvgIpc) is 3.02. The quantitative estimate of drug-likeness (QED) is 0.671. The normalized spacial score (nSPS) is 12.2. The first-order chi connectivity index (χ1) is 12.8. The van der Waals surface area contributed by atoms with E-state index in [1.165, 1.54) is 33.9 Å². The molecule has 1 aromatic heterocycles. The largest absolute Gasteiger partial charge is 0.343 e. The van der Waals surface area contributed by atoms with Gasteiger partial charge < -0.3 is 9.88 Å². The molecule has 3 aromatic rings. The number of nitrogens with one attached hydrogen (secondary N) is 1. The second kappa shape index (κ2) is 7.39. The zero-order chi connectivity index (χ0) is 19.7. The molecule has 0 aliphatic carbocycles. The Labute approximate surface area is 160 Å². The summed E-state index contributed by atoms with van der Waals surface area (Å²) in [4.78, 5) is 16.6. The van der Waals surface area contributed by atoms with Gasteiger partial charge >= 0.3 is 0 Å². The van der Waals surface area contributed by atoms with Gasteiger partial charge in [0.25, 0.3) is 0 Å². The molecule has 140 valence electrons. The summed E-state index contributed by atoms with van der Waals surface area (Å²) in [5, 5.41) is 2.94. The number of aromatic nitrogens is 2. The summed E-state index contributed by atoms with van der Waals surface area (Å²) in [6, 6.07) is 10.1. The van der Waals surface area contributed by atoms with E-state index in [0.29, 0.717) is 0 Å². The van der Waals surface area contributed by atoms with E-state index in [9.17, 15) is 4.79 Å². The summed E-state index contributed by atoms with van der Waals surface area (Å²) < 4.78 is 2.22. The lowest BCUT2D eigenvalue weighted by Gasteiger charge is -2.20. The molecular weight excluding hydrogens is 334 g/mol. The van der Waals surface area contributed by atoms with Crippen molar-refractivity contribution in [1.29, 1.82) is 0 Å². The monoisotopic (exact) mass is 361 g/mol. The van der Waals surface area contributed by atoms with Crippen molar-refractivity contribution in [2.75, 3.05) is 0 Å².